The van der Waals surface area contributed by atoms with E-state index in [0.29, 0.717) is 6.10 Å². The molecule has 1 heterocycles. The molecule has 1 saturated carbocycles. The van der Waals surface area contributed by atoms with Gasteiger partial charge in [-0.05, 0) is 50.3 Å². The van der Waals surface area contributed by atoms with Crippen molar-refractivity contribution < 1.29 is 4.74 Å². The van der Waals surface area contributed by atoms with Crippen LogP contribution in [0.2, 0.25) is 0 Å². The van der Waals surface area contributed by atoms with Crippen molar-refractivity contribution in [2.75, 3.05) is 6.54 Å². The number of hydrogen-bond acceptors (Lipinski definition) is 3. The van der Waals surface area contributed by atoms with Crippen LogP contribution in [0.15, 0.2) is 18.3 Å². The molecule has 94 valence electrons. The Bertz CT molecular complexity index is 335. The van der Waals surface area contributed by atoms with Crippen molar-refractivity contribution in [1.82, 2.24) is 10.3 Å². The van der Waals surface area contributed by atoms with Crippen LogP contribution < -0.4 is 10.1 Å². The van der Waals surface area contributed by atoms with Gasteiger partial charge >= 0.3 is 0 Å². The van der Waals surface area contributed by atoms with Crippen molar-refractivity contribution in [3.05, 3.63) is 23.9 Å². The smallest absolute Gasteiger partial charge is 0.213 e. The summed E-state index contributed by atoms with van der Waals surface area (Å²) in [6, 6.07) is 4.10. The number of pyridine rings is 1. The summed E-state index contributed by atoms with van der Waals surface area (Å²) in [6.45, 7) is 4.13. The zero-order chi connectivity index (χ0) is 11.9. The van der Waals surface area contributed by atoms with E-state index in [1.165, 1.54) is 31.2 Å². The highest BCUT2D eigenvalue weighted by Gasteiger charge is 2.16. The molecule has 2 rings (SSSR count). The maximum atomic E-state index is 5.88. The van der Waals surface area contributed by atoms with Gasteiger partial charge in [0.2, 0.25) is 5.88 Å². The second-order valence-electron chi connectivity index (χ2n) is 4.70. The Hall–Kier alpha value is -1.09. The Morgan fingerprint density at radius 2 is 2.24 bits per heavy atom. The minimum atomic E-state index is 0.390. The Morgan fingerprint density at radius 1 is 1.41 bits per heavy atom. The third kappa shape index (κ3) is 4.00. The quantitative estimate of drug-likeness (QED) is 0.768. The predicted molar refractivity (Wildman–Crippen MR) is 69.1 cm³/mol. The summed E-state index contributed by atoms with van der Waals surface area (Å²) in [5.74, 6) is 0.785. The minimum absolute atomic E-state index is 0.390. The first-order chi connectivity index (χ1) is 8.38. The molecule has 0 aromatic carbocycles. The zero-order valence-corrected chi connectivity index (χ0v) is 10.6. The van der Waals surface area contributed by atoms with Crippen LogP contribution in [0.25, 0.3) is 0 Å². The lowest BCUT2D eigenvalue weighted by atomic mass is 10.2. The van der Waals surface area contributed by atoms with Crippen LogP contribution in [0.4, 0.5) is 0 Å². The van der Waals surface area contributed by atoms with Crippen molar-refractivity contribution in [1.29, 1.82) is 0 Å². The third-order valence-corrected chi connectivity index (χ3v) is 3.14. The fourth-order valence-corrected chi connectivity index (χ4v) is 2.21. The fraction of sp³-hybridized carbons (Fsp3) is 0.643. The molecule has 17 heavy (non-hydrogen) atoms. The monoisotopic (exact) mass is 234 g/mol. The standard InChI is InChI=1S/C14H22N2O/c1-2-8-15-11-12-7-9-16-14(10-12)17-13-5-3-4-6-13/h7,9-10,13,15H,2-6,8,11H2,1H3. The Labute approximate surface area is 104 Å². The summed E-state index contributed by atoms with van der Waals surface area (Å²) < 4.78 is 5.88. The summed E-state index contributed by atoms with van der Waals surface area (Å²) in [6.07, 6.45) is 8.34. The number of aromatic nitrogens is 1. The molecule has 3 nitrogen and oxygen atoms in total. The highest BCUT2D eigenvalue weighted by Crippen LogP contribution is 2.23. The molecule has 1 aliphatic rings. The molecule has 1 N–H and O–H groups in total. The Balaban J connectivity index is 1.86. The first-order valence-corrected chi connectivity index (χ1v) is 6.71. The molecule has 3 heteroatoms. The number of hydrogen-bond donors (Lipinski definition) is 1. The van der Waals surface area contributed by atoms with Crippen LogP contribution in [0.3, 0.4) is 0 Å². The third-order valence-electron chi connectivity index (χ3n) is 3.14. The van der Waals surface area contributed by atoms with E-state index >= 15 is 0 Å². The van der Waals surface area contributed by atoms with Crippen molar-refractivity contribution in [3.63, 3.8) is 0 Å². The molecule has 1 aliphatic carbocycles. The molecular formula is C14H22N2O. The van der Waals surface area contributed by atoms with Gasteiger partial charge in [-0.15, -0.1) is 0 Å². The molecule has 0 spiro atoms. The van der Waals surface area contributed by atoms with Crippen LogP contribution in [-0.2, 0) is 6.54 Å². The van der Waals surface area contributed by atoms with Gasteiger partial charge < -0.3 is 10.1 Å². The van der Waals surface area contributed by atoms with Crippen LogP contribution in [0.1, 0.15) is 44.6 Å². The van der Waals surface area contributed by atoms with Crippen LogP contribution in [0.5, 0.6) is 5.88 Å². The average Bonchev–Trinajstić information content (AvgIpc) is 2.83. The summed E-state index contributed by atoms with van der Waals surface area (Å²) >= 11 is 0. The summed E-state index contributed by atoms with van der Waals surface area (Å²) in [5.41, 5.74) is 1.25. The van der Waals surface area contributed by atoms with E-state index in [4.69, 9.17) is 4.74 Å². The topological polar surface area (TPSA) is 34.2 Å². The van der Waals surface area contributed by atoms with Gasteiger partial charge in [0.25, 0.3) is 0 Å². The second kappa shape index (κ2) is 6.60. The molecular weight excluding hydrogens is 212 g/mol. The molecule has 0 bridgehead atoms. The molecule has 0 atom stereocenters. The molecule has 0 aliphatic heterocycles. The summed E-state index contributed by atoms with van der Waals surface area (Å²) in [4.78, 5) is 4.28. The van der Waals surface area contributed by atoms with Crippen molar-refractivity contribution in [2.45, 2.75) is 51.7 Å². The summed E-state index contributed by atoms with van der Waals surface area (Å²) in [5, 5.41) is 3.39. The van der Waals surface area contributed by atoms with Gasteiger partial charge in [-0.1, -0.05) is 6.92 Å². The van der Waals surface area contributed by atoms with Gasteiger partial charge in [-0.3, -0.25) is 0 Å². The van der Waals surface area contributed by atoms with Crippen LogP contribution in [-0.4, -0.2) is 17.6 Å². The maximum absolute atomic E-state index is 5.88. The Kier molecular flexibility index (Phi) is 4.80. The lowest BCUT2D eigenvalue weighted by Gasteiger charge is -2.12. The number of rotatable bonds is 6. The largest absolute Gasteiger partial charge is 0.474 e. The van der Waals surface area contributed by atoms with Gasteiger partial charge in [0.1, 0.15) is 6.10 Å². The maximum Gasteiger partial charge on any atom is 0.213 e. The van der Waals surface area contributed by atoms with E-state index in [1.807, 2.05) is 12.3 Å². The highest BCUT2D eigenvalue weighted by atomic mass is 16.5. The van der Waals surface area contributed by atoms with E-state index in [9.17, 15) is 0 Å². The average molecular weight is 234 g/mol. The first kappa shape index (κ1) is 12.4. The molecule has 1 aromatic heterocycles. The van der Waals surface area contributed by atoms with Crippen molar-refractivity contribution in [3.8, 4) is 5.88 Å². The number of nitrogens with one attached hydrogen (secondary N) is 1. The van der Waals surface area contributed by atoms with Crippen LogP contribution >= 0.6 is 0 Å². The van der Waals surface area contributed by atoms with Crippen LogP contribution in [0, 0.1) is 0 Å². The molecule has 0 amide bonds. The normalized spacial score (nSPS) is 16.3. The fourth-order valence-electron chi connectivity index (χ4n) is 2.21. The van der Waals surface area contributed by atoms with E-state index < -0.39 is 0 Å². The van der Waals surface area contributed by atoms with E-state index in [0.717, 1.165) is 25.4 Å². The lowest BCUT2D eigenvalue weighted by Crippen LogP contribution is -2.15. The van der Waals surface area contributed by atoms with Crippen molar-refractivity contribution in [2.24, 2.45) is 0 Å². The Morgan fingerprint density at radius 3 is 3.00 bits per heavy atom. The van der Waals surface area contributed by atoms with Gasteiger partial charge in [0, 0.05) is 18.8 Å². The molecule has 0 saturated heterocycles. The van der Waals surface area contributed by atoms with E-state index in [2.05, 4.69) is 23.3 Å². The predicted octanol–water partition coefficient (Wildman–Crippen LogP) is 2.90. The van der Waals surface area contributed by atoms with Crippen molar-refractivity contribution >= 4 is 0 Å². The van der Waals surface area contributed by atoms with Gasteiger partial charge in [0.05, 0.1) is 0 Å². The number of ether oxygens (including phenoxy) is 1. The molecule has 0 unspecified atom stereocenters. The lowest BCUT2D eigenvalue weighted by molar-refractivity contribution is 0.201. The highest BCUT2D eigenvalue weighted by molar-refractivity contribution is 5.20. The minimum Gasteiger partial charge on any atom is -0.474 e. The molecule has 0 radical (unpaired) electrons. The van der Waals surface area contributed by atoms with Gasteiger partial charge in [-0.2, -0.15) is 0 Å². The van der Waals surface area contributed by atoms with Gasteiger partial charge in [0.15, 0.2) is 0 Å². The SMILES string of the molecule is CCCNCc1ccnc(OC2CCCC2)c1. The summed E-state index contributed by atoms with van der Waals surface area (Å²) in [7, 11) is 0. The van der Waals surface area contributed by atoms with E-state index in [-0.39, 0.29) is 0 Å². The zero-order valence-electron chi connectivity index (χ0n) is 10.6. The van der Waals surface area contributed by atoms with Gasteiger partial charge in [-0.25, -0.2) is 4.98 Å². The molecule has 1 aromatic rings. The second-order valence-corrected chi connectivity index (χ2v) is 4.70. The first-order valence-electron chi connectivity index (χ1n) is 6.71. The molecule has 1 fully saturated rings. The number of nitrogens with zero attached hydrogens (tertiary/aromatic N) is 1. The van der Waals surface area contributed by atoms with E-state index in [1.54, 1.807) is 0 Å².